The summed E-state index contributed by atoms with van der Waals surface area (Å²) >= 11 is 0. The van der Waals surface area contributed by atoms with E-state index in [2.05, 4.69) is 5.32 Å². The smallest absolute Gasteiger partial charge is 0.264 e. The minimum atomic E-state index is -4.27. The van der Waals surface area contributed by atoms with Crippen molar-refractivity contribution in [2.24, 2.45) is 5.92 Å². The number of hydrogen-bond acceptors (Lipinski definition) is 6. The number of nitrogens with one attached hydrogen (secondary N) is 1. The van der Waals surface area contributed by atoms with Crippen LogP contribution in [0.2, 0.25) is 0 Å². The number of hydrogen-bond donors (Lipinski definition) is 1. The maximum atomic E-state index is 14.3. The Kier molecular flexibility index (Phi) is 11.2. The second-order valence-corrected chi connectivity index (χ2v) is 13.0. The third kappa shape index (κ3) is 8.28. The Bertz CT molecular complexity index is 1530. The number of nitrogens with zero attached hydrogens (tertiary/aromatic N) is 2. The van der Waals surface area contributed by atoms with Crippen LogP contribution in [0.3, 0.4) is 0 Å². The molecule has 2 amide bonds. The van der Waals surface area contributed by atoms with Gasteiger partial charge in [0.15, 0.2) is 11.5 Å². The van der Waals surface area contributed by atoms with Crippen molar-refractivity contribution in [2.45, 2.75) is 59.0 Å². The number of anilines is 1. The number of methoxy groups -OCH3 is 2. The van der Waals surface area contributed by atoms with Crippen LogP contribution in [0.1, 0.15) is 43.0 Å². The molecule has 232 valence electrons. The van der Waals surface area contributed by atoms with Crippen molar-refractivity contribution in [3.05, 3.63) is 82.9 Å². The van der Waals surface area contributed by atoms with E-state index in [-0.39, 0.29) is 29.0 Å². The lowest BCUT2D eigenvalue weighted by atomic mass is 10.1. The first-order valence-corrected chi connectivity index (χ1v) is 15.7. The van der Waals surface area contributed by atoms with Gasteiger partial charge in [0.25, 0.3) is 10.0 Å². The Morgan fingerprint density at radius 1 is 0.860 bits per heavy atom. The summed E-state index contributed by atoms with van der Waals surface area (Å²) in [6.45, 7) is 11.4. The van der Waals surface area contributed by atoms with E-state index in [1.807, 2.05) is 65.0 Å². The molecule has 3 rings (SSSR count). The van der Waals surface area contributed by atoms with Gasteiger partial charge in [0.2, 0.25) is 11.8 Å². The highest BCUT2D eigenvalue weighted by atomic mass is 32.2. The highest BCUT2D eigenvalue weighted by molar-refractivity contribution is 7.92. The van der Waals surface area contributed by atoms with Gasteiger partial charge in [0.1, 0.15) is 12.6 Å². The molecule has 0 saturated carbocycles. The van der Waals surface area contributed by atoms with Gasteiger partial charge < -0.3 is 19.7 Å². The number of carbonyl (C=O) groups is 2. The average Bonchev–Trinajstić information content (AvgIpc) is 2.96. The fourth-order valence-corrected chi connectivity index (χ4v) is 6.15. The SMILES string of the molecule is COc1ccc(S(=O)(=O)N(CC(=O)N(Cc2ccccc2C)[C@H](C)C(=O)NCC(C)C)c2cc(C)cc(C)c2)cc1OC. The quantitative estimate of drug-likeness (QED) is 0.292. The zero-order chi connectivity index (χ0) is 31.9. The predicted molar refractivity (Wildman–Crippen MR) is 169 cm³/mol. The van der Waals surface area contributed by atoms with Crippen molar-refractivity contribution in [2.75, 3.05) is 31.6 Å². The molecule has 3 aromatic carbocycles. The molecule has 0 heterocycles. The van der Waals surface area contributed by atoms with E-state index in [9.17, 15) is 18.0 Å². The van der Waals surface area contributed by atoms with Crippen LogP contribution in [-0.4, -0.2) is 58.5 Å². The first-order valence-electron chi connectivity index (χ1n) is 14.2. The van der Waals surface area contributed by atoms with E-state index >= 15 is 0 Å². The summed E-state index contributed by atoms with van der Waals surface area (Å²) in [5.41, 5.74) is 3.84. The molecule has 0 fully saturated rings. The molecule has 0 aliphatic carbocycles. The molecule has 1 atom stereocenters. The van der Waals surface area contributed by atoms with Gasteiger partial charge in [-0.1, -0.05) is 44.2 Å². The van der Waals surface area contributed by atoms with E-state index < -0.39 is 28.5 Å². The monoisotopic (exact) mass is 609 g/mol. The Balaban J connectivity index is 2.10. The third-order valence-corrected chi connectivity index (χ3v) is 8.94. The molecule has 0 saturated heterocycles. The Hall–Kier alpha value is -4.05. The molecule has 3 aromatic rings. The van der Waals surface area contributed by atoms with Crippen LogP contribution in [0.5, 0.6) is 11.5 Å². The van der Waals surface area contributed by atoms with Crippen molar-refractivity contribution in [3.8, 4) is 11.5 Å². The lowest BCUT2D eigenvalue weighted by Gasteiger charge is -2.32. The van der Waals surface area contributed by atoms with Crippen LogP contribution in [0, 0.1) is 26.7 Å². The normalized spacial score (nSPS) is 12.0. The molecule has 10 heteroatoms. The van der Waals surface area contributed by atoms with Gasteiger partial charge in [-0.3, -0.25) is 13.9 Å². The summed E-state index contributed by atoms with van der Waals surface area (Å²) in [6.07, 6.45) is 0. The largest absolute Gasteiger partial charge is 0.493 e. The summed E-state index contributed by atoms with van der Waals surface area (Å²) in [7, 11) is -1.38. The number of aryl methyl sites for hydroxylation is 3. The van der Waals surface area contributed by atoms with Crippen molar-refractivity contribution in [3.63, 3.8) is 0 Å². The van der Waals surface area contributed by atoms with Gasteiger partial charge in [0, 0.05) is 19.2 Å². The van der Waals surface area contributed by atoms with Crippen LogP contribution in [-0.2, 0) is 26.2 Å². The lowest BCUT2D eigenvalue weighted by Crippen LogP contribution is -2.51. The van der Waals surface area contributed by atoms with E-state index in [1.54, 1.807) is 19.1 Å². The zero-order valence-corrected chi connectivity index (χ0v) is 27.1. The molecule has 0 spiro atoms. The molecule has 0 aliphatic heterocycles. The van der Waals surface area contributed by atoms with Gasteiger partial charge in [-0.25, -0.2) is 8.42 Å². The molecule has 0 radical (unpaired) electrons. The number of sulfonamides is 1. The second-order valence-electron chi connectivity index (χ2n) is 11.1. The van der Waals surface area contributed by atoms with Gasteiger partial charge in [0.05, 0.1) is 24.8 Å². The molecule has 9 nitrogen and oxygen atoms in total. The first kappa shape index (κ1) is 33.5. The topological polar surface area (TPSA) is 105 Å². The Labute approximate surface area is 255 Å². The molecule has 0 aromatic heterocycles. The van der Waals surface area contributed by atoms with E-state index in [1.165, 1.54) is 37.3 Å². The Morgan fingerprint density at radius 3 is 2.07 bits per heavy atom. The predicted octanol–water partition coefficient (Wildman–Crippen LogP) is 5.01. The van der Waals surface area contributed by atoms with Gasteiger partial charge in [-0.05, 0) is 80.1 Å². The number of carbonyl (C=O) groups excluding carboxylic acids is 2. The summed E-state index contributed by atoms with van der Waals surface area (Å²) < 4.78 is 40.3. The minimum Gasteiger partial charge on any atom is -0.493 e. The summed E-state index contributed by atoms with van der Waals surface area (Å²) in [5.74, 6) is 0.0198. The third-order valence-electron chi connectivity index (χ3n) is 7.17. The molecule has 43 heavy (non-hydrogen) atoms. The maximum Gasteiger partial charge on any atom is 0.264 e. The van der Waals surface area contributed by atoms with E-state index in [0.29, 0.717) is 18.0 Å². The molecular formula is C33H43N3O6S. The minimum absolute atomic E-state index is 0.0645. The van der Waals surface area contributed by atoms with Gasteiger partial charge >= 0.3 is 0 Å². The van der Waals surface area contributed by atoms with E-state index in [4.69, 9.17) is 9.47 Å². The Morgan fingerprint density at radius 2 is 1.49 bits per heavy atom. The van der Waals surface area contributed by atoms with Crippen LogP contribution >= 0.6 is 0 Å². The van der Waals surface area contributed by atoms with Crippen molar-refractivity contribution in [1.29, 1.82) is 0 Å². The summed E-state index contributed by atoms with van der Waals surface area (Å²) in [6, 6.07) is 16.4. The number of ether oxygens (including phenoxy) is 2. The number of rotatable bonds is 13. The van der Waals surface area contributed by atoms with Crippen molar-refractivity contribution < 1.29 is 27.5 Å². The summed E-state index contributed by atoms with van der Waals surface area (Å²) in [4.78, 5) is 28.8. The molecule has 0 bridgehead atoms. The van der Waals surface area contributed by atoms with E-state index in [0.717, 1.165) is 26.6 Å². The zero-order valence-electron chi connectivity index (χ0n) is 26.3. The van der Waals surface area contributed by atoms with Gasteiger partial charge in [-0.2, -0.15) is 0 Å². The van der Waals surface area contributed by atoms with Crippen molar-refractivity contribution >= 4 is 27.5 Å². The molecule has 0 aliphatic rings. The average molecular weight is 610 g/mol. The number of benzene rings is 3. The van der Waals surface area contributed by atoms with Crippen LogP contribution in [0.15, 0.2) is 65.6 Å². The highest BCUT2D eigenvalue weighted by Crippen LogP contribution is 2.33. The van der Waals surface area contributed by atoms with Crippen LogP contribution < -0.4 is 19.1 Å². The van der Waals surface area contributed by atoms with Gasteiger partial charge in [-0.15, -0.1) is 0 Å². The number of amides is 2. The standard InChI is InChI=1S/C33H43N3O6S/c1-22(2)19-34-33(38)26(6)35(20-27-12-10-9-11-25(27)5)32(37)21-36(28-16-23(3)15-24(4)17-28)43(39,40)29-13-14-30(41-7)31(18-29)42-8/h9-18,22,26H,19-21H2,1-8H3,(H,34,38)/t26-/m1/s1. The fourth-order valence-electron chi connectivity index (χ4n) is 4.73. The summed E-state index contributed by atoms with van der Waals surface area (Å²) in [5, 5.41) is 2.91. The molecular weight excluding hydrogens is 566 g/mol. The van der Waals surface area contributed by atoms with Crippen LogP contribution in [0.4, 0.5) is 5.69 Å². The van der Waals surface area contributed by atoms with Crippen LogP contribution in [0.25, 0.3) is 0 Å². The highest BCUT2D eigenvalue weighted by Gasteiger charge is 2.33. The van der Waals surface area contributed by atoms with Crippen molar-refractivity contribution in [1.82, 2.24) is 10.2 Å². The first-order chi connectivity index (χ1) is 20.3. The molecule has 1 N–H and O–H groups in total. The lowest BCUT2D eigenvalue weighted by molar-refractivity contribution is -0.139. The second kappa shape index (κ2) is 14.4. The fraction of sp³-hybridized carbons (Fsp3) is 0.394. The maximum absolute atomic E-state index is 14.3. The molecule has 0 unspecified atom stereocenters.